The van der Waals surface area contributed by atoms with E-state index in [0.29, 0.717) is 32.1 Å². The largest absolute Gasteiger partial charge is 0.352 e. The van der Waals surface area contributed by atoms with Crippen LogP contribution >= 0.6 is 0 Å². The molecule has 0 bridgehead atoms. The third kappa shape index (κ3) is 5.55. The molecular weight excluding hydrogens is 344 g/mol. The van der Waals surface area contributed by atoms with E-state index in [0.717, 1.165) is 12.8 Å². The van der Waals surface area contributed by atoms with Crippen molar-refractivity contribution in [2.24, 2.45) is 0 Å². The second-order valence-corrected chi connectivity index (χ2v) is 7.39. The van der Waals surface area contributed by atoms with Gasteiger partial charge in [-0.25, -0.2) is 14.8 Å². The summed E-state index contributed by atoms with van der Waals surface area (Å²) in [6.45, 7) is 4.28. The summed E-state index contributed by atoms with van der Waals surface area (Å²) in [5, 5.41) is 5.93. The highest BCUT2D eigenvalue weighted by molar-refractivity contribution is 5.86. The fourth-order valence-corrected chi connectivity index (χ4v) is 3.66. The number of carbonyl (C=O) groups is 2. The van der Waals surface area contributed by atoms with Gasteiger partial charge in [0.1, 0.15) is 6.04 Å². The van der Waals surface area contributed by atoms with Crippen molar-refractivity contribution >= 4 is 17.9 Å². The highest BCUT2D eigenvalue weighted by atomic mass is 16.2. The van der Waals surface area contributed by atoms with Crippen LogP contribution in [0.25, 0.3) is 0 Å². The normalized spacial score (nSPS) is 19.9. The van der Waals surface area contributed by atoms with Crippen molar-refractivity contribution in [2.45, 2.75) is 57.5 Å². The summed E-state index contributed by atoms with van der Waals surface area (Å²) in [6.07, 6.45) is 10.3. The molecule has 1 atom stereocenters. The topological polar surface area (TPSA) is 90.5 Å². The van der Waals surface area contributed by atoms with Crippen LogP contribution in [0, 0.1) is 0 Å². The van der Waals surface area contributed by atoms with E-state index < -0.39 is 6.04 Å². The number of urea groups is 1. The van der Waals surface area contributed by atoms with E-state index >= 15 is 0 Å². The number of nitrogens with one attached hydrogen (secondary N) is 2. The third-order valence-corrected chi connectivity index (χ3v) is 5.34. The molecule has 8 heteroatoms. The molecule has 1 aromatic heterocycles. The average Bonchev–Trinajstić information content (AvgIpc) is 2.97. The van der Waals surface area contributed by atoms with E-state index in [1.807, 2.05) is 0 Å². The number of rotatable bonds is 4. The molecule has 2 aliphatic rings. The van der Waals surface area contributed by atoms with E-state index in [9.17, 15) is 9.59 Å². The third-order valence-electron chi connectivity index (χ3n) is 5.34. The summed E-state index contributed by atoms with van der Waals surface area (Å²) in [6, 6.07) is 1.31. The van der Waals surface area contributed by atoms with E-state index in [1.165, 1.54) is 25.7 Å². The Labute approximate surface area is 160 Å². The number of aromatic nitrogens is 2. The monoisotopic (exact) mass is 374 g/mol. The number of hydrogen-bond acceptors (Lipinski definition) is 5. The number of nitrogens with zero attached hydrogens (tertiary/aromatic N) is 4. The smallest absolute Gasteiger partial charge is 0.318 e. The van der Waals surface area contributed by atoms with Gasteiger partial charge in [-0.05, 0) is 25.8 Å². The quantitative estimate of drug-likeness (QED) is 0.780. The van der Waals surface area contributed by atoms with Gasteiger partial charge in [0.05, 0.1) is 0 Å². The van der Waals surface area contributed by atoms with E-state index in [4.69, 9.17) is 0 Å². The molecule has 3 rings (SSSR count). The van der Waals surface area contributed by atoms with Gasteiger partial charge in [-0.15, -0.1) is 0 Å². The van der Waals surface area contributed by atoms with Crippen LogP contribution in [0.15, 0.2) is 18.5 Å². The first kappa shape index (κ1) is 19.4. The van der Waals surface area contributed by atoms with Gasteiger partial charge in [0, 0.05) is 44.6 Å². The van der Waals surface area contributed by atoms with E-state index in [-0.39, 0.29) is 18.0 Å². The Morgan fingerprint density at radius 1 is 1.04 bits per heavy atom. The zero-order chi connectivity index (χ0) is 19.1. The Bertz CT molecular complexity index is 610. The number of anilines is 1. The fraction of sp³-hybridized carbons (Fsp3) is 0.684. The minimum atomic E-state index is -0.531. The predicted molar refractivity (Wildman–Crippen MR) is 103 cm³/mol. The van der Waals surface area contributed by atoms with Gasteiger partial charge in [0.15, 0.2) is 0 Å². The van der Waals surface area contributed by atoms with Gasteiger partial charge >= 0.3 is 6.03 Å². The summed E-state index contributed by atoms with van der Waals surface area (Å²) in [7, 11) is 0. The summed E-state index contributed by atoms with van der Waals surface area (Å²) >= 11 is 0. The first-order valence-corrected chi connectivity index (χ1v) is 10.0. The minimum Gasteiger partial charge on any atom is -0.352 e. The van der Waals surface area contributed by atoms with Crippen LogP contribution in [0.4, 0.5) is 10.7 Å². The molecule has 0 radical (unpaired) electrons. The van der Waals surface area contributed by atoms with Gasteiger partial charge in [-0.1, -0.05) is 25.7 Å². The summed E-state index contributed by atoms with van der Waals surface area (Å²) < 4.78 is 0. The molecular formula is C19H30N6O2. The maximum atomic E-state index is 12.5. The Balaban J connectivity index is 1.42. The van der Waals surface area contributed by atoms with Gasteiger partial charge in [0.25, 0.3) is 0 Å². The Kier molecular flexibility index (Phi) is 6.84. The molecule has 0 spiro atoms. The Hall–Kier alpha value is -2.38. The lowest BCUT2D eigenvalue weighted by Gasteiger charge is -2.35. The first-order chi connectivity index (χ1) is 13.1. The zero-order valence-corrected chi connectivity index (χ0v) is 16.1. The standard InChI is InChI=1S/C19H30N6O2/c1-15(17(26)23-16-7-4-2-3-5-8-16)22-19(27)25-13-11-24(12-14-25)18-20-9-6-10-21-18/h6,9-10,15-16H,2-5,7-8,11-14H2,1H3,(H,22,27)(H,23,26)/t15-/m0/s1. The van der Waals surface area contributed by atoms with Crippen LogP contribution in [0.1, 0.15) is 45.4 Å². The predicted octanol–water partition coefficient (Wildman–Crippen LogP) is 1.54. The molecule has 0 aromatic carbocycles. The van der Waals surface area contributed by atoms with Crippen molar-refractivity contribution in [3.8, 4) is 0 Å². The highest BCUT2D eigenvalue weighted by Gasteiger charge is 2.25. The van der Waals surface area contributed by atoms with Crippen molar-refractivity contribution in [3.63, 3.8) is 0 Å². The molecule has 1 saturated carbocycles. The second-order valence-electron chi connectivity index (χ2n) is 7.39. The summed E-state index contributed by atoms with van der Waals surface area (Å²) in [5.41, 5.74) is 0. The van der Waals surface area contributed by atoms with E-state index in [2.05, 4.69) is 25.5 Å². The minimum absolute atomic E-state index is 0.0911. The molecule has 2 N–H and O–H groups in total. The van der Waals surface area contributed by atoms with Crippen LogP contribution in [-0.4, -0.2) is 65.1 Å². The summed E-state index contributed by atoms with van der Waals surface area (Å²) in [4.78, 5) is 37.2. The highest BCUT2D eigenvalue weighted by Crippen LogP contribution is 2.17. The fourth-order valence-electron chi connectivity index (χ4n) is 3.66. The lowest BCUT2D eigenvalue weighted by atomic mass is 10.1. The number of piperazine rings is 1. The van der Waals surface area contributed by atoms with Crippen LogP contribution in [0.5, 0.6) is 0 Å². The van der Waals surface area contributed by atoms with Crippen LogP contribution in [-0.2, 0) is 4.79 Å². The number of hydrogen-bond donors (Lipinski definition) is 2. The van der Waals surface area contributed by atoms with Gasteiger partial charge in [-0.3, -0.25) is 4.79 Å². The first-order valence-electron chi connectivity index (χ1n) is 10.0. The van der Waals surface area contributed by atoms with Gasteiger partial charge in [0.2, 0.25) is 11.9 Å². The van der Waals surface area contributed by atoms with Crippen LogP contribution in [0.3, 0.4) is 0 Å². The van der Waals surface area contributed by atoms with Crippen LogP contribution < -0.4 is 15.5 Å². The molecule has 2 heterocycles. The Morgan fingerprint density at radius 3 is 2.30 bits per heavy atom. The van der Waals surface area contributed by atoms with Crippen molar-refractivity contribution in [1.29, 1.82) is 0 Å². The van der Waals surface area contributed by atoms with Crippen molar-refractivity contribution in [2.75, 3.05) is 31.1 Å². The molecule has 2 fully saturated rings. The molecule has 3 amide bonds. The Morgan fingerprint density at radius 2 is 1.67 bits per heavy atom. The van der Waals surface area contributed by atoms with Crippen molar-refractivity contribution in [3.05, 3.63) is 18.5 Å². The maximum absolute atomic E-state index is 12.5. The molecule has 0 unspecified atom stereocenters. The lowest BCUT2D eigenvalue weighted by molar-refractivity contribution is -0.123. The zero-order valence-electron chi connectivity index (χ0n) is 16.1. The molecule has 1 aromatic rings. The number of carbonyl (C=O) groups excluding carboxylic acids is 2. The molecule has 1 aliphatic carbocycles. The SMILES string of the molecule is C[C@H](NC(=O)N1CCN(c2ncccn2)CC1)C(=O)NC1CCCCCC1. The van der Waals surface area contributed by atoms with Gasteiger partial charge in [-0.2, -0.15) is 0 Å². The molecule has 1 saturated heterocycles. The van der Waals surface area contributed by atoms with Crippen molar-refractivity contribution in [1.82, 2.24) is 25.5 Å². The number of amides is 3. The van der Waals surface area contributed by atoms with Crippen LogP contribution in [0.2, 0.25) is 0 Å². The van der Waals surface area contributed by atoms with Crippen molar-refractivity contribution < 1.29 is 9.59 Å². The summed E-state index contributed by atoms with van der Waals surface area (Å²) in [5.74, 6) is 0.597. The van der Waals surface area contributed by atoms with Gasteiger partial charge < -0.3 is 20.4 Å². The molecule has 1 aliphatic heterocycles. The maximum Gasteiger partial charge on any atom is 0.318 e. The second kappa shape index (κ2) is 9.53. The molecule has 8 nitrogen and oxygen atoms in total. The molecule has 148 valence electrons. The van der Waals surface area contributed by atoms with E-state index in [1.54, 1.807) is 30.3 Å². The lowest BCUT2D eigenvalue weighted by Crippen LogP contribution is -2.56. The average molecular weight is 374 g/mol. The molecule has 27 heavy (non-hydrogen) atoms.